The van der Waals surface area contributed by atoms with Crippen LogP contribution in [0.25, 0.3) is 0 Å². The number of unbranched alkanes of at least 4 members (excludes halogenated alkanes) is 21. The molecule has 0 aliphatic carbocycles. The lowest BCUT2D eigenvalue weighted by Gasteiger charge is -2.27. The second kappa shape index (κ2) is 47.8. The largest absolute Gasteiger partial charge is 0.472 e. The smallest absolute Gasteiger partial charge is 0.456 e. The molecular formula is C58H104N2O7P+. The minimum Gasteiger partial charge on any atom is -0.456 e. The third-order valence-corrected chi connectivity index (χ3v) is 12.6. The molecule has 2 N–H and O–H groups in total. The monoisotopic (exact) mass is 972 g/mol. The Bertz CT molecular complexity index is 1440. The van der Waals surface area contributed by atoms with Gasteiger partial charge in [0.25, 0.3) is 0 Å². The van der Waals surface area contributed by atoms with Gasteiger partial charge in [0.2, 0.25) is 5.91 Å². The van der Waals surface area contributed by atoms with Crippen molar-refractivity contribution in [2.24, 2.45) is 0 Å². The molecule has 0 saturated heterocycles. The maximum atomic E-state index is 13.5. The molecule has 0 aromatic heterocycles. The predicted molar refractivity (Wildman–Crippen MR) is 291 cm³/mol. The van der Waals surface area contributed by atoms with Gasteiger partial charge in [-0.3, -0.25) is 18.6 Å². The van der Waals surface area contributed by atoms with Crippen LogP contribution in [0, 0.1) is 0 Å². The molecule has 0 bridgehead atoms. The number of quaternary nitrogens is 1. The molecule has 1 amide bonds. The van der Waals surface area contributed by atoms with Crippen LogP contribution in [0.2, 0.25) is 0 Å². The number of likely N-dealkylation sites (N-methyl/N-ethyl adjacent to an activating group) is 1. The Hall–Kier alpha value is -2.81. The fourth-order valence-electron chi connectivity index (χ4n) is 7.33. The Labute approximate surface area is 418 Å². The zero-order valence-electron chi connectivity index (χ0n) is 44.6. The summed E-state index contributed by atoms with van der Waals surface area (Å²) >= 11 is 0. The molecule has 0 aliphatic heterocycles. The molecule has 0 aromatic rings. The average Bonchev–Trinajstić information content (AvgIpc) is 3.29. The van der Waals surface area contributed by atoms with E-state index in [1.165, 1.54) is 70.6 Å². The minimum absolute atomic E-state index is 0.0280. The summed E-state index contributed by atoms with van der Waals surface area (Å²) in [6.07, 6.45) is 61.5. The van der Waals surface area contributed by atoms with Crippen molar-refractivity contribution in [3.05, 3.63) is 85.1 Å². The first-order valence-electron chi connectivity index (χ1n) is 27.4. The van der Waals surface area contributed by atoms with E-state index in [0.717, 1.165) is 109 Å². The summed E-state index contributed by atoms with van der Waals surface area (Å²) < 4.78 is 30.5. The van der Waals surface area contributed by atoms with Gasteiger partial charge in [0, 0.05) is 12.8 Å². The van der Waals surface area contributed by atoms with Gasteiger partial charge in [-0.05, 0) is 96.0 Å². The van der Waals surface area contributed by atoms with Crippen molar-refractivity contribution in [1.82, 2.24) is 5.32 Å². The van der Waals surface area contributed by atoms with Crippen LogP contribution in [-0.4, -0.2) is 74.3 Å². The van der Waals surface area contributed by atoms with E-state index < -0.39 is 20.0 Å². The quantitative estimate of drug-likeness (QED) is 0.0156. The number of rotatable bonds is 48. The van der Waals surface area contributed by atoms with Crippen LogP contribution in [0.3, 0.4) is 0 Å². The SMILES string of the molecule is CC/C=C/C/C=C/C/C=C/C/C=C/CCCCCC(=O)NC(COP(=O)(O)OCC[N+](C)(C)C)C(/C=C/CCCCCCCCCCC)OC(=O)CCCCCCCC/C=C/C=C/CCCCC. The number of carbonyl (C=O) groups excluding carboxylic acids is 2. The van der Waals surface area contributed by atoms with Crippen LogP contribution in [-0.2, 0) is 27.9 Å². The van der Waals surface area contributed by atoms with Crippen LogP contribution < -0.4 is 5.32 Å². The highest BCUT2D eigenvalue weighted by Gasteiger charge is 2.30. The molecule has 0 heterocycles. The number of nitrogens with zero attached hydrogens (tertiary/aromatic N) is 1. The van der Waals surface area contributed by atoms with Gasteiger partial charge in [-0.2, -0.15) is 0 Å². The van der Waals surface area contributed by atoms with Gasteiger partial charge in [0.1, 0.15) is 19.3 Å². The molecule has 392 valence electrons. The Morgan fingerprint density at radius 2 is 0.985 bits per heavy atom. The maximum absolute atomic E-state index is 13.5. The second-order valence-corrected chi connectivity index (χ2v) is 20.9. The molecule has 3 unspecified atom stereocenters. The summed E-state index contributed by atoms with van der Waals surface area (Å²) in [5.74, 6) is -0.562. The van der Waals surface area contributed by atoms with Crippen LogP contribution in [0.15, 0.2) is 85.1 Å². The number of ether oxygens (including phenoxy) is 1. The number of allylic oxidation sites excluding steroid dienone is 13. The number of phosphoric acid groups is 1. The number of carbonyl (C=O) groups is 2. The van der Waals surface area contributed by atoms with E-state index in [1.54, 1.807) is 0 Å². The molecule has 0 aromatic carbocycles. The summed E-state index contributed by atoms with van der Waals surface area (Å²) in [6, 6.07) is -0.872. The number of amides is 1. The van der Waals surface area contributed by atoms with Crippen LogP contribution in [0.4, 0.5) is 0 Å². The summed E-state index contributed by atoms with van der Waals surface area (Å²) in [6.45, 7) is 6.81. The fraction of sp³-hybridized carbons (Fsp3) is 0.724. The van der Waals surface area contributed by atoms with Gasteiger partial charge < -0.3 is 19.4 Å². The second-order valence-electron chi connectivity index (χ2n) is 19.4. The van der Waals surface area contributed by atoms with Crippen molar-refractivity contribution in [2.45, 2.75) is 232 Å². The highest BCUT2D eigenvalue weighted by molar-refractivity contribution is 7.47. The highest BCUT2D eigenvalue weighted by Crippen LogP contribution is 2.43. The third kappa shape index (κ3) is 48.2. The van der Waals surface area contributed by atoms with Gasteiger partial charge >= 0.3 is 13.8 Å². The van der Waals surface area contributed by atoms with Gasteiger partial charge in [0.15, 0.2) is 0 Å². The Morgan fingerprint density at radius 1 is 0.544 bits per heavy atom. The molecule has 0 radical (unpaired) electrons. The molecular weight excluding hydrogens is 868 g/mol. The van der Waals surface area contributed by atoms with Crippen LogP contribution in [0.1, 0.15) is 220 Å². The van der Waals surface area contributed by atoms with Crippen LogP contribution >= 0.6 is 7.82 Å². The topological polar surface area (TPSA) is 111 Å². The molecule has 9 nitrogen and oxygen atoms in total. The summed E-state index contributed by atoms with van der Waals surface area (Å²) in [7, 11) is 1.45. The minimum atomic E-state index is -4.46. The van der Waals surface area contributed by atoms with Gasteiger partial charge in [-0.1, -0.05) is 196 Å². The number of hydrogen-bond donors (Lipinski definition) is 2. The predicted octanol–water partition coefficient (Wildman–Crippen LogP) is 16.3. The molecule has 68 heavy (non-hydrogen) atoms. The zero-order chi connectivity index (χ0) is 50.1. The number of nitrogens with one attached hydrogen (secondary N) is 1. The Balaban J connectivity index is 5.45. The van der Waals surface area contributed by atoms with E-state index in [2.05, 4.69) is 99.0 Å². The first-order valence-corrected chi connectivity index (χ1v) is 28.9. The summed E-state index contributed by atoms with van der Waals surface area (Å²) in [4.78, 5) is 37.5. The average molecular weight is 972 g/mol. The van der Waals surface area contributed by atoms with E-state index in [0.29, 0.717) is 17.4 Å². The molecule has 0 spiro atoms. The standard InChI is InChI=1S/C58H103N2O7P/c1-7-10-13-16-19-22-25-27-29-31-32-35-38-41-44-47-50-57(61)59-55(54-66-68(63,64)65-53-52-60(4,5)6)56(49-46-43-40-37-34-24-21-18-15-12-9-3)67-58(62)51-48-45-42-39-36-33-30-28-26-23-20-17-14-11-8-2/h10,13,19-20,22-23,26-29,32,35,46,49,55-56H,7-9,11-12,14-18,21,24-25,30-31,33-34,36-45,47-48,50-54H2,1-6H3,(H-,59,61,63,64)/p+1/b13-10+,22-19+,23-20+,28-26+,29-27+,35-32+,49-46+. The molecule has 0 rings (SSSR count). The van der Waals surface area contributed by atoms with E-state index in [9.17, 15) is 19.0 Å². The van der Waals surface area contributed by atoms with Gasteiger partial charge in [0.05, 0.1) is 33.8 Å². The van der Waals surface area contributed by atoms with Crippen molar-refractivity contribution in [3.63, 3.8) is 0 Å². The van der Waals surface area contributed by atoms with Crippen molar-refractivity contribution in [1.29, 1.82) is 0 Å². The molecule has 0 fully saturated rings. The van der Waals surface area contributed by atoms with Crippen molar-refractivity contribution < 1.29 is 37.3 Å². The van der Waals surface area contributed by atoms with E-state index in [4.69, 9.17) is 13.8 Å². The first kappa shape index (κ1) is 65.2. The lowest BCUT2D eigenvalue weighted by Crippen LogP contribution is -2.47. The van der Waals surface area contributed by atoms with Gasteiger partial charge in [-0.25, -0.2) is 4.57 Å². The molecule has 0 saturated carbocycles. The normalized spacial score (nSPS) is 14.5. The summed E-state index contributed by atoms with van der Waals surface area (Å²) in [5.41, 5.74) is 0. The number of phosphoric ester groups is 1. The molecule has 3 atom stereocenters. The Morgan fingerprint density at radius 3 is 1.54 bits per heavy atom. The van der Waals surface area contributed by atoms with Crippen molar-refractivity contribution in [2.75, 3.05) is 40.9 Å². The van der Waals surface area contributed by atoms with E-state index in [-0.39, 0.29) is 37.9 Å². The maximum Gasteiger partial charge on any atom is 0.472 e. The van der Waals surface area contributed by atoms with E-state index >= 15 is 0 Å². The van der Waals surface area contributed by atoms with E-state index in [1.807, 2.05) is 33.3 Å². The first-order chi connectivity index (χ1) is 32.9. The fourth-order valence-corrected chi connectivity index (χ4v) is 8.07. The van der Waals surface area contributed by atoms with Crippen molar-refractivity contribution in [3.8, 4) is 0 Å². The lowest BCUT2D eigenvalue weighted by molar-refractivity contribution is -0.870. The van der Waals surface area contributed by atoms with Crippen LogP contribution in [0.5, 0.6) is 0 Å². The molecule has 10 heteroatoms. The third-order valence-electron chi connectivity index (χ3n) is 11.6. The van der Waals surface area contributed by atoms with Gasteiger partial charge in [-0.15, -0.1) is 0 Å². The van der Waals surface area contributed by atoms with Crippen molar-refractivity contribution >= 4 is 19.7 Å². The Kier molecular flexibility index (Phi) is 45.9. The summed E-state index contributed by atoms with van der Waals surface area (Å²) in [5, 5.41) is 3.02. The highest BCUT2D eigenvalue weighted by atomic mass is 31.2. The number of hydrogen-bond acceptors (Lipinski definition) is 6. The lowest BCUT2D eigenvalue weighted by atomic mass is 10.1. The molecule has 0 aliphatic rings. The number of esters is 1. The zero-order valence-corrected chi connectivity index (χ0v) is 45.5.